The summed E-state index contributed by atoms with van der Waals surface area (Å²) in [6.07, 6.45) is 1.57. The van der Waals surface area contributed by atoms with E-state index in [0.717, 1.165) is 18.9 Å². The fourth-order valence-corrected chi connectivity index (χ4v) is 4.47. The Morgan fingerprint density at radius 2 is 2.10 bits per heavy atom. The van der Waals surface area contributed by atoms with Gasteiger partial charge >= 0.3 is 0 Å². The number of amides is 1. The quantitative estimate of drug-likeness (QED) is 0.735. The Kier molecular flexibility index (Phi) is 5.51. The van der Waals surface area contributed by atoms with Gasteiger partial charge in [0.15, 0.2) is 6.61 Å². The van der Waals surface area contributed by atoms with Crippen LogP contribution < -0.4 is 4.74 Å². The van der Waals surface area contributed by atoms with Gasteiger partial charge in [-0.05, 0) is 37.1 Å². The molecule has 1 aromatic heterocycles. The summed E-state index contributed by atoms with van der Waals surface area (Å²) in [7, 11) is 0. The maximum atomic E-state index is 13.0. The predicted molar refractivity (Wildman–Crippen MR) is 102 cm³/mol. The minimum Gasteiger partial charge on any atom is -0.484 e. The Labute approximate surface area is 168 Å². The fourth-order valence-electron chi connectivity index (χ4n) is 4.47. The summed E-state index contributed by atoms with van der Waals surface area (Å²) in [5.41, 5.74) is -0.317. The van der Waals surface area contributed by atoms with Crippen molar-refractivity contribution in [3.8, 4) is 5.75 Å². The molecule has 2 aliphatic rings. The van der Waals surface area contributed by atoms with E-state index in [1.807, 2.05) is 11.6 Å². The van der Waals surface area contributed by atoms with Gasteiger partial charge in [0.25, 0.3) is 5.91 Å². The minimum absolute atomic E-state index is 0.0389. The lowest BCUT2D eigenvalue weighted by Gasteiger charge is -2.27. The normalized spacial score (nSPS) is 24.1. The number of benzene rings is 1. The smallest absolute Gasteiger partial charge is 0.260 e. The molecule has 2 aliphatic heterocycles. The number of carbonyl (C=O) groups excluding carboxylic acids is 1. The molecule has 0 spiro atoms. The Morgan fingerprint density at radius 3 is 2.79 bits per heavy atom. The molecular formula is C20H26FN5O3. The van der Waals surface area contributed by atoms with E-state index in [1.165, 1.54) is 24.3 Å². The van der Waals surface area contributed by atoms with Gasteiger partial charge in [-0.25, -0.2) is 14.1 Å². The van der Waals surface area contributed by atoms with E-state index in [0.29, 0.717) is 31.9 Å². The number of carbonyl (C=O) groups is 1. The average molecular weight is 403 g/mol. The first-order chi connectivity index (χ1) is 14.0. The minimum atomic E-state index is -0.345. The summed E-state index contributed by atoms with van der Waals surface area (Å²) < 4.78 is 20.3. The molecule has 4 rings (SSSR count). The van der Waals surface area contributed by atoms with Gasteiger partial charge in [-0.15, -0.1) is 0 Å². The molecule has 2 fully saturated rings. The second-order valence-electron chi connectivity index (χ2n) is 7.90. The maximum Gasteiger partial charge on any atom is 0.260 e. The zero-order valence-electron chi connectivity index (χ0n) is 16.5. The van der Waals surface area contributed by atoms with Crippen LogP contribution in [0.4, 0.5) is 4.39 Å². The molecule has 0 saturated carbocycles. The van der Waals surface area contributed by atoms with Crippen molar-refractivity contribution >= 4 is 5.91 Å². The summed E-state index contributed by atoms with van der Waals surface area (Å²) in [5, 5.41) is 14.4. The van der Waals surface area contributed by atoms with Crippen LogP contribution in [-0.4, -0.2) is 75.0 Å². The number of aromatic nitrogens is 3. The SMILES string of the molecule is CCn1ncnc1CN1CC2CN(C(=O)COc3ccc(F)cc3)CC2(CO)C1. The summed E-state index contributed by atoms with van der Waals surface area (Å²) in [5.74, 6) is 1.13. The van der Waals surface area contributed by atoms with Gasteiger partial charge in [0.2, 0.25) is 0 Å². The molecule has 0 aliphatic carbocycles. The van der Waals surface area contributed by atoms with E-state index in [1.54, 1.807) is 11.2 Å². The van der Waals surface area contributed by atoms with Gasteiger partial charge < -0.3 is 14.7 Å². The van der Waals surface area contributed by atoms with Crippen molar-refractivity contribution in [1.82, 2.24) is 24.6 Å². The van der Waals surface area contributed by atoms with Gasteiger partial charge in [0.05, 0.1) is 13.2 Å². The second kappa shape index (κ2) is 8.08. The van der Waals surface area contributed by atoms with Gasteiger partial charge in [0, 0.05) is 38.1 Å². The van der Waals surface area contributed by atoms with Gasteiger partial charge in [-0.3, -0.25) is 9.69 Å². The number of aliphatic hydroxyl groups excluding tert-OH is 1. The van der Waals surface area contributed by atoms with Crippen molar-refractivity contribution in [3.63, 3.8) is 0 Å². The van der Waals surface area contributed by atoms with E-state index in [-0.39, 0.29) is 36.3 Å². The third kappa shape index (κ3) is 3.97. The number of nitrogens with zero attached hydrogens (tertiary/aromatic N) is 5. The molecule has 8 nitrogen and oxygen atoms in total. The van der Waals surface area contributed by atoms with Crippen LogP contribution in [0.15, 0.2) is 30.6 Å². The first-order valence-corrected chi connectivity index (χ1v) is 9.89. The third-order valence-electron chi connectivity index (χ3n) is 6.03. The highest BCUT2D eigenvalue weighted by Gasteiger charge is 2.53. The monoisotopic (exact) mass is 403 g/mol. The van der Waals surface area contributed by atoms with Crippen LogP contribution >= 0.6 is 0 Å². The molecule has 2 unspecified atom stereocenters. The van der Waals surface area contributed by atoms with Crippen LogP contribution in [0, 0.1) is 17.2 Å². The molecular weight excluding hydrogens is 377 g/mol. The number of likely N-dealkylation sites (tertiary alicyclic amines) is 2. The topological polar surface area (TPSA) is 83.7 Å². The highest BCUT2D eigenvalue weighted by Crippen LogP contribution is 2.42. The lowest BCUT2D eigenvalue weighted by molar-refractivity contribution is -0.133. The lowest BCUT2D eigenvalue weighted by Crippen LogP contribution is -2.40. The van der Waals surface area contributed by atoms with Crippen LogP contribution in [0.1, 0.15) is 12.7 Å². The molecule has 2 atom stereocenters. The number of aliphatic hydroxyl groups is 1. The fraction of sp³-hybridized carbons (Fsp3) is 0.550. The predicted octanol–water partition coefficient (Wildman–Crippen LogP) is 0.769. The van der Waals surface area contributed by atoms with Crippen molar-refractivity contribution in [3.05, 3.63) is 42.2 Å². The lowest BCUT2D eigenvalue weighted by atomic mass is 9.82. The van der Waals surface area contributed by atoms with Crippen LogP contribution in [0.5, 0.6) is 5.75 Å². The van der Waals surface area contributed by atoms with Crippen LogP contribution in [-0.2, 0) is 17.9 Å². The molecule has 2 aromatic rings. The molecule has 1 aromatic carbocycles. The van der Waals surface area contributed by atoms with E-state index in [4.69, 9.17) is 4.74 Å². The van der Waals surface area contributed by atoms with Gasteiger partial charge in [-0.2, -0.15) is 5.10 Å². The number of aryl methyl sites for hydroxylation is 1. The van der Waals surface area contributed by atoms with Crippen LogP contribution in [0.3, 0.4) is 0 Å². The number of ether oxygens (including phenoxy) is 1. The number of rotatable bonds is 7. The van der Waals surface area contributed by atoms with Crippen LogP contribution in [0.2, 0.25) is 0 Å². The van der Waals surface area contributed by atoms with Crippen molar-refractivity contribution in [2.24, 2.45) is 11.3 Å². The highest BCUT2D eigenvalue weighted by atomic mass is 19.1. The zero-order valence-corrected chi connectivity index (χ0v) is 16.5. The van der Waals surface area contributed by atoms with Crippen molar-refractivity contribution in [2.45, 2.75) is 20.0 Å². The molecule has 29 heavy (non-hydrogen) atoms. The van der Waals surface area contributed by atoms with Crippen molar-refractivity contribution < 1.29 is 19.0 Å². The Morgan fingerprint density at radius 1 is 1.31 bits per heavy atom. The second-order valence-corrected chi connectivity index (χ2v) is 7.90. The van der Waals surface area contributed by atoms with Crippen LogP contribution in [0.25, 0.3) is 0 Å². The van der Waals surface area contributed by atoms with Gasteiger partial charge in [-0.1, -0.05) is 0 Å². The first kappa shape index (κ1) is 19.8. The van der Waals surface area contributed by atoms with Crippen molar-refractivity contribution in [2.75, 3.05) is 39.4 Å². The standard InChI is InChI=1S/C20H26FN5O3/c1-2-26-18(22-14-23-26)9-24-7-15-8-25(12-20(15,11-24)13-27)19(28)10-29-17-5-3-16(21)4-6-17/h3-6,14-15,27H,2,7-13H2,1H3. The number of hydrogen-bond acceptors (Lipinski definition) is 6. The Hall–Kier alpha value is -2.52. The largest absolute Gasteiger partial charge is 0.484 e. The molecule has 1 N–H and O–H groups in total. The van der Waals surface area contributed by atoms with E-state index in [9.17, 15) is 14.3 Å². The molecule has 9 heteroatoms. The number of hydrogen-bond donors (Lipinski definition) is 1. The van der Waals surface area contributed by atoms with Crippen molar-refractivity contribution in [1.29, 1.82) is 0 Å². The van der Waals surface area contributed by atoms with E-state index >= 15 is 0 Å². The molecule has 1 amide bonds. The summed E-state index contributed by atoms with van der Waals surface area (Å²) >= 11 is 0. The average Bonchev–Trinajstić information content (AvgIpc) is 3.40. The highest BCUT2D eigenvalue weighted by molar-refractivity contribution is 5.78. The summed E-state index contributed by atoms with van der Waals surface area (Å²) in [4.78, 5) is 21.0. The summed E-state index contributed by atoms with van der Waals surface area (Å²) in [6.45, 7) is 6.07. The van der Waals surface area contributed by atoms with E-state index < -0.39 is 0 Å². The Bertz CT molecular complexity index is 858. The first-order valence-electron chi connectivity index (χ1n) is 9.89. The zero-order chi connectivity index (χ0) is 20.4. The molecule has 2 saturated heterocycles. The third-order valence-corrected chi connectivity index (χ3v) is 6.03. The summed E-state index contributed by atoms with van der Waals surface area (Å²) in [6, 6.07) is 5.61. The van der Waals surface area contributed by atoms with E-state index in [2.05, 4.69) is 15.0 Å². The molecule has 0 radical (unpaired) electrons. The van der Waals surface area contributed by atoms with Gasteiger partial charge in [0.1, 0.15) is 23.7 Å². The molecule has 3 heterocycles. The number of fused-ring (bicyclic) bond motifs is 1. The molecule has 156 valence electrons. The molecule has 0 bridgehead atoms. The number of halogens is 1. The Balaban J connectivity index is 1.34. The maximum absolute atomic E-state index is 13.0.